The van der Waals surface area contributed by atoms with E-state index in [1.807, 2.05) is 18.2 Å². The first-order chi connectivity index (χ1) is 9.17. The predicted molar refractivity (Wildman–Crippen MR) is 85.3 cm³/mol. The lowest BCUT2D eigenvalue weighted by atomic mass is 10.3. The van der Waals surface area contributed by atoms with Gasteiger partial charge < -0.3 is 15.0 Å². The average Bonchev–Trinajstić information content (AvgIpc) is 2.40. The fourth-order valence-electron chi connectivity index (χ4n) is 1.73. The quantitative estimate of drug-likeness (QED) is 0.691. The summed E-state index contributed by atoms with van der Waals surface area (Å²) in [7, 11) is 0. The van der Waals surface area contributed by atoms with Crippen LogP contribution in [0.3, 0.4) is 0 Å². The molecule has 0 aliphatic rings. The molecule has 0 unspecified atom stereocenters. The Morgan fingerprint density at radius 1 is 1.26 bits per heavy atom. The first kappa shape index (κ1) is 16.8. The van der Waals surface area contributed by atoms with Crippen molar-refractivity contribution in [3.63, 3.8) is 0 Å². The van der Waals surface area contributed by atoms with Crippen molar-refractivity contribution in [1.82, 2.24) is 10.2 Å². The van der Waals surface area contributed by atoms with Crippen LogP contribution in [-0.4, -0.2) is 44.2 Å². The normalized spacial score (nSPS) is 11.0. The maximum atomic E-state index is 5.87. The van der Waals surface area contributed by atoms with Crippen molar-refractivity contribution < 1.29 is 4.74 Å². The summed E-state index contributed by atoms with van der Waals surface area (Å²) >= 11 is 9.31. The van der Waals surface area contributed by atoms with Crippen molar-refractivity contribution in [2.75, 3.05) is 39.3 Å². The second-order valence-electron chi connectivity index (χ2n) is 4.20. The molecule has 0 atom stereocenters. The van der Waals surface area contributed by atoms with Crippen molar-refractivity contribution in [3.8, 4) is 5.75 Å². The van der Waals surface area contributed by atoms with Crippen LogP contribution in [0.2, 0.25) is 5.02 Å². The number of likely N-dealkylation sites (N-methyl/N-ethyl adjacent to an activating group) is 1. The molecule has 0 aromatic heterocycles. The highest BCUT2D eigenvalue weighted by atomic mass is 79.9. The van der Waals surface area contributed by atoms with Crippen LogP contribution < -0.4 is 10.1 Å². The number of hydrogen-bond donors (Lipinski definition) is 1. The van der Waals surface area contributed by atoms with Gasteiger partial charge in [0.25, 0.3) is 0 Å². The molecule has 0 fully saturated rings. The van der Waals surface area contributed by atoms with Crippen molar-refractivity contribution in [3.05, 3.63) is 27.7 Å². The van der Waals surface area contributed by atoms with Gasteiger partial charge >= 0.3 is 0 Å². The maximum Gasteiger partial charge on any atom is 0.133 e. The van der Waals surface area contributed by atoms with E-state index in [0.29, 0.717) is 11.6 Å². The standard InChI is InChI=1S/C14H22BrClN2O/c1-3-18(4-2)9-7-17-8-10-19-14-6-5-12(16)11-13(14)15/h5-6,11,17H,3-4,7-10H2,1-2H3. The smallest absolute Gasteiger partial charge is 0.133 e. The molecule has 1 N–H and O–H groups in total. The Labute approximate surface area is 129 Å². The molecule has 0 saturated heterocycles. The van der Waals surface area contributed by atoms with Crippen LogP contribution >= 0.6 is 27.5 Å². The fourth-order valence-corrected chi connectivity index (χ4v) is 2.52. The van der Waals surface area contributed by atoms with Crippen LogP contribution in [0.25, 0.3) is 0 Å². The monoisotopic (exact) mass is 348 g/mol. The summed E-state index contributed by atoms with van der Waals surface area (Å²) in [5.74, 6) is 0.829. The molecule has 0 radical (unpaired) electrons. The van der Waals surface area contributed by atoms with E-state index in [4.69, 9.17) is 16.3 Å². The van der Waals surface area contributed by atoms with Gasteiger partial charge in [0.05, 0.1) is 4.47 Å². The molecular weight excluding hydrogens is 328 g/mol. The Morgan fingerprint density at radius 3 is 2.63 bits per heavy atom. The summed E-state index contributed by atoms with van der Waals surface area (Å²) in [5.41, 5.74) is 0. The van der Waals surface area contributed by atoms with Gasteiger partial charge in [-0.3, -0.25) is 0 Å². The van der Waals surface area contributed by atoms with E-state index in [1.54, 1.807) is 0 Å². The molecular formula is C14H22BrClN2O. The number of nitrogens with one attached hydrogen (secondary N) is 1. The maximum absolute atomic E-state index is 5.87. The van der Waals surface area contributed by atoms with Crippen LogP contribution in [0.1, 0.15) is 13.8 Å². The van der Waals surface area contributed by atoms with Crippen LogP contribution in [0, 0.1) is 0 Å². The van der Waals surface area contributed by atoms with Gasteiger partial charge in [-0.15, -0.1) is 0 Å². The lowest BCUT2D eigenvalue weighted by Crippen LogP contribution is -2.33. The highest BCUT2D eigenvalue weighted by Crippen LogP contribution is 2.27. The minimum absolute atomic E-state index is 0.651. The van der Waals surface area contributed by atoms with Crippen molar-refractivity contribution >= 4 is 27.5 Å². The van der Waals surface area contributed by atoms with Crippen molar-refractivity contribution in [2.24, 2.45) is 0 Å². The van der Waals surface area contributed by atoms with Crippen LogP contribution in [0.15, 0.2) is 22.7 Å². The molecule has 1 aromatic carbocycles. The number of benzene rings is 1. The first-order valence-corrected chi connectivity index (χ1v) is 7.85. The number of rotatable bonds is 9. The van der Waals surface area contributed by atoms with Gasteiger partial charge in [0, 0.05) is 24.7 Å². The highest BCUT2D eigenvalue weighted by Gasteiger charge is 2.01. The number of ether oxygens (including phenoxy) is 1. The molecule has 0 heterocycles. The molecule has 0 aliphatic carbocycles. The highest BCUT2D eigenvalue weighted by molar-refractivity contribution is 9.10. The Morgan fingerprint density at radius 2 is 2.00 bits per heavy atom. The van der Waals surface area contributed by atoms with E-state index >= 15 is 0 Å². The minimum atomic E-state index is 0.651. The minimum Gasteiger partial charge on any atom is -0.491 e. The van der Waals surface area contributed by atoms with E-state index in [0.717, 1.165) is 42.9 Å². The Kier molecular flexibility index (Phi) is 8.46. The van der Waals surface area contributed by atoms with Gasteiger partial charge in [0.2, 0.25) is 0 Å². The van der Waals surface area contributed by atoms with Gasteiger partial charge in [-0.1, -0.05) is 25.4 Å². The number of nitrogens with zero attached hydrogens (tertiary/aromatic N) is 1. The molecule has 1 rings (SSSR count). The second-order valence-corrected chi connectivity index (χ2v) is 5.49. The molecule has 0 amide bonds. The Hall–Kier alpha value is -0.290. The van der Waals surface area contributed by atoms with E-state index in [9.17, 15) is 0 Å². The van der Waals surface area contributed by atoms with Crippen molar-refractivity contribution in [1.29, 1.82) is 0 Å². The zero-order valence-corrected chi connectivity index (χ0v) is 13.9. The van der Waals surface area contributed by atoms with E-state index in [-0.39, 0.29) is 0 Å². The summed E-state index contributed by atoms with van der Waals surface area (Å²) in [6.45, 7) is 10.1. The lowest BCUT2D eigenvalue weighted by molar-refractivity contribution is 0.285. The third kappa shape index (κ3) is 6.61. The van der Waals surface area contributed by atoms with Crippen LogP contribution in [0.5, 0.6) is 5.75 Å². The zero-order chi connectivity index (χ0) is 14.1. The summed E-state index contributed by atoms with van der Waals surface area (Å²) < 4.78 is 6.56. The summed E-state index contributed by atoms with van der Waals surface area (Å²) in [6.07, 6.45) is 0. The summed E-state index contributed by atoms with van der Waals surface area (Å²) in [5, 5.41) is 4.08. The van der Waals surface area contributed by atoms with Gasteiger partial charge in [-0.2, -0.15) is 0 Å². The fraction of sp³-hybridized carbons (Fsp3) is 0.571. The molecule has 3 nitrogen and oxygen atoms in total. The molecule has 0 bridgehead atoms. The molecule has 5 heteroatoms. The molecule has 108 valence electrons. The summed E-state index contributed by atoms with van der Waals surface area (Å²) in [4.78, 5) is 2.39. The van der Waals surface area contributed by atoms with Gasteiger partial charge in [-0.25, -0.2) is 0 Å². The summed E-state index contributed by atoms with van der Waals surface area (Å²) in [6, 6.07) is 5.54. The third-order valence-electron chi connectivity index (χ3n) is 2.93. The largest absolute Gasteiger partial charge is 0.491 e. The van der Waals surface area contributed by atoms with E-state index in [1.165, 1.54) is 0 Å². The number of hydrogen-bond acceptors (Lipinski definition) is 3. The SMILES string of the molecule is CCN(CC)CCNCCOc1ccc(Cl)cc1Br. The predicted octanol–water partition coefficient (Wildman–Crippen LogP) is 3.41. The van der Waals surface area contributed by atoms with Gasteiger partial charge in [0.15, 0.2) is 0 Å². The van der Waals surface area contributed by atoms with Crippen LogP contribution in [-0.2, 0) is 0 Å². The molecule has 0 spiro atoms. The Balaban J connectivity index is 2.14. The van der Waals surface area contributed by atoms with E-state index < -0.39 is 0 Å². The molecule has 0 saturated carbocycles. The molecule has 19 heavy (non-hydrogen) atoms. The molecule has 0 aliphatic heterocycles. The van der Waals surface area contributed by atoms with Crippen LogP contribution in [0.4, 0.5) is 0 Å². The average molecular weight is 350 g/mol. The molecule has 1 aromatic rings. The van der Waals surface area contributed by atoms with E-state index in [2.05, 4.69) is 40.0 Å². The number of halogens is 2. The lowest BCUT2D eigenvalue weighted by Gasteiger charge is -2.18. The zero-order valence-electron chi connectivity index (χ0n) is 11.6. The van der Waals surface area contributed by atoms with Crippen molar-refractivity contribution in [2.45, 2.75) is 13.8 Å². The third-order valence-corrected chi connectivity index (χ3v) is 3.78. The van der Waals surface area contributed by atoms with Gasteiger partial charge in [-0.05, 0) is 47.2 Å². The van der Waals surface area contributed by atoms with Gasteiger partial charge in [0.1, 0.15) is 12.4 Å². The topological polar surface area (TPSA) is 24.5 Å². The first-order valence-electron chi connectivity index (χ1n) is 6.68. The second kappa shape index (κ2) is 9.59. The Bertz CT molecular complexity index is 372.